The molecule has 6 N–H and O–H groups in total. The van der Waals surface area contributed by atoms with Crippen LogP contribution >= 0.6 is 0 Å². The van der Waals surface area contributed by atoms with Crippen LogP contribution in [0, 0.1) is 0 Å². The van der Waals surface area contributed by atoms with E-state index < -0.39 is 5.91 Å². The van der Waals surface area contributed by atoms with Gasteiger partial charge in [-0.05, 0) is 75.9 Å². The molecule has 4 heterocycles. The first-order valence-electron chi connectivity index (χ1n) is 16.5. The summed E-state index contributed by atoms with van der Waals surface area (Å²) in [5.74, 6) is 0.173. The van der Waals surface area contributed by atoms with E-state index in [4.69, 9.17) is 15.7 Å². The molecule has 2 aromatic carbocycles. The van der Waals surface area contributed by atoms with Crippen LogP contribution in [0.1, 0.15) is 49.0 Å². The fourth-order valence-electron chi connectivity index (χ4n) is 7.12. The van der Waals surface area contributed by atoms with Gasteiger partial charge in [0.2, 0.25) is 0 Å². The Hall–Kier alpha value is -4.26. The van der Waals surface area contributed by atoms with Crippen molar-refractivity contribution >= 4 is 40.0 Å². The number of aliphatic hydroxyl groups is 1. The summed E-state index contributed by atoms with van der Waals surface area (Å²) in [7, 11) is 2.21. The number of hydrogen-bond donors (Lipinski definition) is 5. The van der Waals surface area contributed by atoms with E-state index in [9.17, 15) is 9.90 Å². The number of anilines is 4. The maximum absolute atomic E-state index is 12.8. The van der Waals surface area contributed by atoms with Crippen LogP contribution < -0.4 is 21.3 Å². The third-order valence-corrected chi connectivity index (χ3v) is 9.89. The van der Waals surface area contributed by atoms with Crippen molar-refractivity contribution in [3.05, 3.63) is 54.5 Å². The molecule has 1 aliphatic carbocycles. The number of aliphatic hydroxyl groups excluding tert-OH is 1. The molecule has 0 radical (unpaired) electrons. The molecular formula is C34H44N10O2. The summed E-state index contributed by atoms with van der Waals surface area (Å²) >= 11 is 0. The van der Waals surface area contributed by atoms with Crippen molar-refractivity contribution in [2.24, 2.45) is 5.73 Å². The standard InChI is InChI=1S/C34H44N10O2/c1-42-17-19-44(20-18-42)25-13-15-43(16-14-25)24-9-5-22(6-10-24)39-34-31(32(35)46)40-30(27-3-2-4-28-29(27)37-21-36-28)33(41-34)38-23-7-11-26(45)12-8-23/h2-6,9-10,21,23,25-26,45H,7-8,11-20H2,1H3,(H2,35,46)(H,36,37)(H2,38,39,41). The van der Waals surface area contributed by atoms with Gasteiger partial charge in [0, 0.05) is 68.3 Å². The predicted octanol–water partition coefficient (Wildman–Crippen LogP) is 3.79. The third-order valence-electron chi connectivity index (χ3n) is 9.89. The largest absolute Gasteiger partial charge is 0.393 e. The molecule has 1 saturated carbocycles. The maximum atomic E-state index is 12.8. The van der Waals surface area contributed by atoms with Crippen molar-refractivity contribution in [3.8, 4) is 11.3 Å². The highest BCUT2D eigenvalue weighted by atomic mass is 16.3. The van der Waals surface area contributed by atoms with E-state index in [0.717, 1.165) is 74.1 Å². The summed E-state index contributed by atoms with van der Waals surface area (Å²) in [4.78, 5) is 37.7. The number of fused-ring (bicyclic) bond motifs is 1. The lowest BCUT2D eigenvalue weighted by atomic mass is 9.93. The lowest BCUT2D eigenvalue weighted by Gasteiger charge is -2.42. The molecule has 4 aromatic rings. The number of aromatic nitrogens is 4. The molecule has 0 unspecified atom stereocenters. The lowest BCUT2D eigenvalue weighted by molar-refractivity contribution is 0.0982. The van der Waals surface area contributed by atoms with Crippen LogP contribution in [0.5, 0.6) is 0 Å². The number of amides is 1. The van der Waals surface area contributed by atoms with Gasteiger partial charge in [-0.2, -0.15) is 0 Å². The average molecular weight is 625 g/mol. The Balaban J connectivity index is 1.12. The van der Waals surface area contributed by atoms with E-state index in [1.165, 1.54) is 31.6 Å². The molecule has 7 rings (SSSR count). The fourth-order valence-corrected chi connectivity index (χ4v) is 7.12. The SMILES string of the molecule is CN1CCN(C2CCN(c3ccc(Nc4nc(NC5CCC(O)CC5)c(-c5cccc6[nH]cnc56)nc4C(N)=O)cc3)CC2)CC1. The molecule has 242 valence electrons. The van der Waals surface area contributed by atoms with Crippen molar-refractivity contribution in [3.63, 3.8) is 0 Å². The van der Waals surface area contributed by atoms with Gasteiger partial charge in [-0.15, -0.1) is 0 Å². The minimum atomic E-state index is -0.669. The Morgan fingerprint density at radius 1 is 0.913 bits per heavy atom. The molecule has 12 heteroatoms. The second-order valence-electron chi connectivity index (χ2n) is 13.0. The number of primary amides is 1. The van der Waals surface area contributed by atoms with Gasteiger partial charge in [-0.25, -0.2) is 15.0 Å². The molecule has 0 bridgehead atoms. The van der Waals surface area contributed by atoms with E-state index in [1.807, 2.05) is 30.3 Å². The quantitative estimate of drug-likeness (QED) is 0.196. The normalized spacial score (nSPS) is 21.8. The van der Waals surface area contributed by atoms with E-state index in [-0.39, 0.29) is 17.8 Å². The van der Waals surface area contributed by atoms with Crippen molar-refractivity contribution < 1.29 is 9.90 Å². The van der Waals surface area contributed by atoms with Crippen LogP contribution in [0.25, 0.3) is 22.3 Å². The Kier molecular flexibility index (Phi) is 8.74. The van der Waals surface area contributed by atoms with E-state index in [2.05, 4.69) is 54.5 Å². The van der Waals surface area contributed by atoms with Crippen LogP contribution in [-0.4, -0.2) is 105 Å². The van der Waals surface area contributed by atoms with E-state index in [1.54, 1.807) is 6.33 Å². The smallest absolute Gasteiger partial charge is 0.271 e. The van der Waals surface area contributed by atoms with Gasteiger partial charge in [0.05, 0.1) is 23.5 Å². The number of aromatic amines is 1. The second kappa shape index (κ2) is 13.2. The van der Waals surface area contributed by atoms with Crippen molar-refractivity contribution in [2.45, 2.75) is 56.7 Å². The Morgan fingerprint density at radius 3 is 2.37 bits per heavy atom. The monoisotopic (exact) mass is 624 g/mol. The first-order chi connectivity index (χ1) is 22.4. The zero-order chi connectivity index (χ0) is 31.6. The Bertz CT molecular complexity index is 1650. The summed E-state index contributed by atoms with van der Waals surface area (Å²) < 4.78 is 0. The van der Waals surface area contributed by atoms with Gasteiger partial charge < -0.3 is 36.3 Å². The van der Waals surface area contributed by atoms with Gasteiger partial charge in [-0.3, -0.25) is 9.69 Å². The third kappa shape index (κ3) is 6.51. The number of likely N-dealkylation sites (N-methyl/N-ethyl adjacent to an activating group) is 1. The Morgan fingerprint density at radius 2 is 1.65 bits per heavy atom. The van der Waals surface area contributed by atoms with Crippen LogP contribution in [0.2, 0.25) is 0 Å². The summed E-state index contributed by atoms with van der Waals surface area (Å²) in [6.07, 6.45) is 6.78. The van der Waals surface area contributed by atoms with Crippen LogP contribution in [-0.2, 0) is 0 Å². The van der Waals surface area contributed by atoms with Crippen molar-refractivity contribution in [1.29, 1.82) is 0 Å². The average Bonchev–Trinajstić information content (AvgIpc) is 3.56. The van der Waals surface area contributed by atoms with E-state index >= 15 is 0 Å². The lowest BCUT2D eigenvalue weighted by Crippen LogP contribution is -2.52. The molecule has 1 amide bonds. The molecule has 2 saturated heterocycles. The number of piperazine rings is 1. The summed E-state index contributed by atoms with van der Waals surface area (Å²) in [6.45, 7) is 6.72. The number of carbonyl (C=O) groups excluding carboxylic acids is 1. The van der Waals surface area contributed by atoms with E-state index in [0.29, 0.717) is 23.4 Å². The molecule has 2 aliphatic heterocycles. The minimum absolute atomic E-state index is 0.0576. The number of imidazole rings is 1. The summed E-state index contributed by atoms with van der Waals surface area (Å²) in [5.41, 5.74) is 10.8. The molecule has 46 heavy (non-hydrogen) atoms. The zero-order valence-electron chi connectivity index (χ0n) is 26.5. The Labute approximate surface area is 269 Å². The maximum Gasteiger partial charge on any atom is 0.271 e. The molecule has 3 fully saturated rings. The molecule has 2 aromatic heterocycles. The van der Waals surface area contributed by atoms with Crippen LogP contribution in [0.4, 0.5) is 23.0 Å². The topological polar surface area (TPSA) is 152 Å². The number of benzene rings is 2. The fraction of sp³-hybridized carbons (Fsp3) is 0.471. The van der Waals surface area contributed by atoms with Crippen molar-refractivity contribution in [2.75, 3.05) is 61.8 Å². The summed E-state index contributed by atoms with van der Waals surface area (Å²) in [5, 5.41) is 17.0. The first-order valence-corrected chi connectivity index (χ1v) is 16.5. The number of hydrogen-bond acceptors (Lipinski definition) is 10. The molecule has 12 nitrogen and oxygen atoms in total. The molecule has 0 atom stereocenters. The highest BCUT2D eigenvalue weighted by Crippen LogP contribution is 2.35. The highest BCUT2D eigenvalue weighted by molar-refractivity contribution is 5.99. The number of H-pyrrole nitrogens is 1. The predicted molar refractivity (Wildman–Crippen MR) is 182 cm³/mol. The van der Waals surface area contributed by atoms with Gasteiger partial charge in [-0.1, -0.05) is 12.1 Å². The van der Waals surface area contributed by atoms with Gasteiger partial charge >= 0.3 is 0 Å². The van der Waals surface area contributed by atoms with Crippen LogP contribution in [0.3, 0.4) is 0 Å². The number of nitrogens with two attached hydrogens (primary N) is 1. The number of carbonyl (C=O) groups is 1. The number of nitrogens with one attached hydrogen (secondary N) is 3. The second-order valence-corrected chi connectivity index (χ2v) is 13.0. The number of para-hydroxylation sites is 1. The highest BCUT2D eigenvalue weighted by Gasteiger charge is 2.28. The van der Waals surface area contributed by atoms with Gasteiger partial charge in [0.1, 0.15) is 5.69 Å². The minimum Gasteiger partial charge on any atom is -0.393 e. The molecule has 3 aliphatic rings. The van der Waals surface area contributed by atoms with Crippen LogP contribution in [0.15, 0.2) is 48.8 Å². The molecular weight excluding hydrogens is 580 g/mol. The number of piperidine rings is 1. The van der Waals surface area contributed by atoms with Gasteiger partial charge in [0.15, 0.2) is 17.3 Å². The molecule has 0 spiro atoms. The number of rotatable bonds is 8. The summed E-state index contributed by atoms with van der Waals surface area (Å²) in [6, 6.07) is 14.8. The van der Waals surface area contributed by atoms with Crippen molar-refractivity contribution in [1.82, 2.24) is 29.7 Å². The zero-order valence-corrected chi connectivity index (χ0v) is 26.5. The number of nitrogens with zero attached hydrogens (tertiary/aromatic N) is 6. The van der Waals surface area contributed by atoms with Gasteiger partial charge in [0.25, 0.3) is 5.91 Å². The first kappa shape index (κ1) is 30.4.